The molecule has 2 atom stereocenters. The maximum atomic E-state index is 9.05. The zero-order valence-corrected chi connectivity index (χ0v) is 42.0. The van der Waals surface area contributed by atoms with Crippen LogP contribution in [0.3, 0.4) is 0 Å². The van der Waals surface area contributed by atoms with E-state index in [4.69, 9.17) is 17.0 Å². The summed E-state index contributed by atoms with van der Waals surface area (Å²) >= 11 is -5.20. The molecule has 0 aliphatic heterocycles. The van der Waals surface area contributed by atoms with Crippen molar-refractivity contribution in [2.24, 2.45) is 0 Å². The van der Waals surface area contributed by atoms with Gasteiger partial charge in [-0.2, -0.15) is 0 Å². The molecule has 4 heteroatoms. The first kappa shape index (κ1) is 41.6. The number of fused-ring (bicyclic) bond motifs is 5. The average molecular weight is 920 g/mol. The third-order valence-electron chi connectivity index (χ3n) is 14.1. The summed E-state index contributed by atoms with van der Waals surface area (Å²) in [5, 5.41) is 5.04. The Bertz CT molecular complexity index is 2920. The van der Waals surface area contributed by atoms with E-state index in [1.54, 1.807) is 0 Å². The van der Waals surface area contributed by atoms with E-state index in [1.807, 2.05) is 0 Å². The topological polar surface area (TPSA) is 0 Å². The number of hydrogen-bond donors (Lipinski definition) is 0. The molecule has 0 N–H and O–H groups in total. The van der Waals surface area contributed by atoms with Crippen LogP contribution in [0.5, 0.6) is 0 Å². The minimum atomic E-state index is -5.20. The molecule has 2 aliphatic rings. The molecule has 0 heterocycles. The van der Waals surface area contributed by atoms with Crippen LogP contribution >= 0.6 is 17.0 Å². The fourth-order valence-electron chi connectivity index (χ4n) is 10.7. The van der Waals surface area contributed by atoms with Crippen LogP contribution in [0.1, 0.15) is 100 Å². The Balaban J connectivity index is 1.30. The molecule has 2 unspecified atom stereocenters. The number of aryl methyl sites for hydroxylation is 1. The zero-order chi connectivity index (χ0) is 42.5. The number of hydrogen-bond acceptors (Lipinski definition) is 0. The van der Waals surface area contributed by atoms with Gasteiger partial charge in [-0.05, 0) is 0 Å². The van der Waals surface area contributed by atoms with Gasteiger partial charge in [0.1, 0.15) is 0 Å². The maximum absolute atomic E-state index is 9.05. The Morgan fingerprint density at radius 1 is 0.500 bits per heavy atom. The van der Waals surface area contributed by atoms with Crippen LogP contribution in [0, 0.1) is 6.92 Å². The van der Waals surface area contributed by atoms with Gasteiger partial charge >= 0.3 is 370 Å². The first-order valence-corrected chi connectivity index (χ1v) is 38.1. The van der Waals surface area contributed by atoms with Gasteiger partial charge in [0.05, 0.1) is 0 Å². The Hall–Kier alpha value is -3.78. The van der Waals surface area contributed by atoms with E-state index in [0.29, 0.717) is 0 Å². The van der Waals surface area contributed by atoms with Crippen LogP contribution in [0.4, 0.5) is 0 Å². The molecule has 0 fully saturated rings. The van der Waals surface area contributed by atoms with Gasteiger partial charge in [-0.15, -0.1) is 0 Å². The quantitative estimate of drug-likeness (QED) is 0.115. The molecule has 0 spiro atoms. The zero-order valence-electron chi connectivity index (χ0n) is 36.8. The molecule has 0 radical (unpaired) electrons. The van der Waals surface area contributed by atoms with Crippen LogP contribution in [0.25, 0.3) is 61.5 Å². The van der Waals surface area contributed by atoms with E-state index in [1.165, 1.54) is 99.5 Å². The van der Waals surface area contributed by atoms with Gasteiger partial charge in [-0.1, -0.05) is 0 Å². The fraction of sp³-hybridized carbons (Fsp3) is 0.250. The molecule has 9 rings (SSSR count). The normalized spacial score (nSPS) is 17.4. The van der Waals surface area contributed by atoms with Crippen LogP contribution in [-0.2, 0) is 26.4 Å². The summed E-state index contributed by atoms with van der Waals surface area (Å²) in [4.78, 5) is 0. The second-order valence-electron chi connectivity index (χ2n) is 20.1. The van der Waals surface area contributed by atoms with Gasteiger partial charge in [0.15, 0.2) is 0 Å². The Kier molecular flexibility index (Phi) is 10.2. The summed E-state index contributed by atoms with van der Waals surface area (Å²) < 4.78 is -0.120. The van der Waals surface area contributed by atoms with E-state index < -0.39 is 21.5 Å². The Morgan fingerprint density at radius 3 is 1.68 bits per heavy atom. The van der Waals surface area contributed by atoms with Crippen molar-refractivity contribution >= 4 is 62.2 Å². The number of halogens is 2. The van der Waals surface area contributed by atoms with Crippen molar-refractivity contribution in [3.8, 4) is 22.3 Å². The van der Waals surface area contributed by atoms with Gasteiger partial charge < -0.3 is 0 Å². The Labute approximate surface area is 367 Å². The summed E-state index contributed by atoms with van der Waals surface area (Å²) in [6, 6.07) is 50.2. The molecule has 7 aromatic carbocycles. The first-order chi connectivity index (χ1) is 28.4. The second kappa shape index (κ2) is 14.7. The van der Waals surface area contributed by atoms with Crippen LogP contribution in [-0.4, -0.2) is 5.92 Å². The molecule has 0 saturated carbocycles. The SMILES string of the molecule is CC1=Cc2c(-c3ccc(C(C)(C)C)cc3)ccc(C)c2[CH]1[Zr]([Cl])([Cl])([CH]1C(c2cccc3c2ccc2ccccc23)=Cc2c(-c3ccc(C(C)(C)C)cc3)cccc21)[SiH](C)C. The summed E-state index contributed by atoms with van der Waals surface area (Å²) in [5.41, 5.74) is 18.1. The number of rotatable bonds is 6. The van der Waals surface area contributed by atoms with Crippen molar-refractivity contribution in [3.05, 3.63) is 184 Å². The molecular weight excluding hydrogens is 863 g/mol. The predicted octanol–water partition coefficient (Wildman–Crippen LogP) is 17.0. The molecule has 0 aromatic heterocycles. The van der Waals surface area contributed by atoms with Crippen molar-refractivity contribution in [3.63, 3.8) is 0 Å². The monoisotopic (exact) mass is 917 g/mol. The summed E-state index contributed by atoms with van der Waals surface area (Å²) in [6.07, 6.45) is 4.95. The summed E-state index contributed by atoms with van der Waals surface area (Å²) in [7, 11) is 18.1. The van der Waals surface area contributed by atoms with E-state index in [0.717, 1.165) is 0 Å². The summed E-state index contributed by atoms with van der Waals surface area (Å²) in [6.45, 7) is 23.2. The molecule has 303 valence electrons. The molecular formula is C56H57Cl2SiZr. The van der Waals surface area contributed by atoms with E-state index in [2.05, 4.69) is 214 Å². The molecule has 2 aliphatic carbocycles. The van der Waals surface area contributed by atoms with Crippen LogP contribution < -0.4 is 0 Å². The number of benzene rings is 7. The van der Waals surface area contributed by atoms with Gasteiger partial charge in [-0.3, -0.25) is 0 Å². The Morgan fingerprint density at radius 2 is 1.07 bits per heavy atom. The number of allylic oxidation sites excluding steroid dienone is 2. The predicted molar refractivity (Wildman–Crippen MR) is 265 cm³/mol. The van der Waals surface area contributed by atoms with Gasteiger partial charge in [-0.25, -0.2) is 0 Å². The van der Waals surface area contributed by atoms with Crippen molar-refractivity contribution < 1.29 is 15.6 Å². The van der Waals surface area contributed by atoms with Crippen molar-refractivity contribution in [2.45, 2.75) is 86.6 Å². The third kappa shape index (κ3) is 6.54. The third-order valence-corrected chi connectivity index (χ3v) is 66.0. The van der Waals surface area contributed by atoms with Crippen molar-refractivity contribution in [2.75, 3.05) is 0 Å². The molecule has 7 aromatic rings. The standard InChI is InChI=1S/C33H27.C21H23.C2H7Si.2ClH.Zr/c1-33(2,3)26-17-14-23(15-18-26)28-11-6-9-24-20-25(21-32(24)28)29-12-7-13-30-27-10-5-4-8-22(27)16-19-31(29)30;1-14-12-19-15(2)6-11-18(20(19)13-14)16-7-9-17(10-8-16)21(3,4)5;1-3-2;;;/h4-21H,1-3H3;6-13H,1-5H3;3H,1-2H3;2*1H;/q;;;;;+2/p-2. The van der Waals surface area contributed by atoms with Gasteiger partial charge in [0.25, 0.3) is 0 Å². The average Bonchev–Trinajstić information content (AvgIpc) is 3.80. The van der Waals surface area contributed by atoms with Crippen LogP contribution in [0.15, 0.2) is 139 Å². The van der Waals surface area contributed by atoms with Crippen LogP contribution in [0.2, 0.25) is 13.1 Å². The molecule has 60 heavy (non-hydrogen) atoms. The van der Waals surface area contributed by atoms with E-state index in [9.17, 15) is 0 Å². The molecule has 0 nitrogen and oxygen atoms in total. The second-order valence-corrected chi connectivity index (χ2v) is 62.6. The molecule has 0 amide bonds. The first-order valence-electron chi connectivity index (χ1n) is 21.7. The van der Waals surface area contributed by atoms with E-state index in [-0.39, 0.29) is 18.1 Å². The fourth-order valence-corrected chi connectivity index (χ4v) is 42.2. The van der Waals surface area contributed by atoms with Crippen molar-refractivity contribution in [1.82, 2.24) is 0 Å². The van der Waals surface area contributed by atoms with Gasteiger partial charge in [0.2, 0.25) is 0 Å². The summed E-state index contributed by atoms with van der Waals surface area (Å²) in [5.74, 6) is -1.84. The molecule has 0 bridgehead atoms. The molecule has 0 saturated heterocycles. The van der Waals surface area contributed by atoms with Gasteiger partial charge in [0, 0.05) is 0 Å². The van der Waals surface area contributed by atoms with Crippen molar-refractivity contribution in [1.29, 1.82) is 0 Å². The minimum absolute atomic E-state index is 0.0184. The van der Waals surface area contributed by atoms with E-state index >= 15 is 0 Å².